The van der Waals surface area contributed by atoms with E-state index < -0.39 is 0 Å². The Hall–Kier alpha value is -9.71. The summed E-state index contributed by atoms with van der Waals surface area (Å²) in [6.07, 6.45) is 0. The molecule has 0 saturated heterocycles. The average molecular weight is 918 g/mol. The van der Waals surface area contributed by atoms with E-state index in [4.69, 9.17) is 15.0 Å². The maximum Gasteiger partial charge on any atom is 0.164 e. The second-order valence-electron chi connectivity index (χ2n) is 18.4. The molecule has 0 aliphatic heterocycles. The molecular formula is C67H43N5. The quantitative estimate of drug-likeness (QED) is 0.153. The Kier molecular flexibility index (Phi) is 9.78. The molecule has 0 aliphatic rings. The van der Waals surface area contributed by atoms with Crippen LogP contribution in [0.25, 0.3) is 133 Å². The number of fused-ring (bicyclic) bond motifs is 7. The summed E-state index contributed by atoms with van der Waals surface area (Å²) in [6.45, 7) is 0. The van der Waals surface area contributed by atoms with Gasteiger partial charge in [0.05, 0.1) is 27.8 Å². The molecule has 14 aromatic rings. The lowest BCUT2D eigenvalue weighted by molar-refractivity contribution is 1.07. The maximum atomic E-state index is 5.32. The molecule has 14 rings (SSSR count). The lowest BCUT2D eigenvalue weighted by Gasteiger charge is -2.16. The van der Waals surface area contributed by atoms with E-state index in [2.05, 4.69) is 252 Å². The van der Waals surface area contributed by atoms with Gasteiger partial charge in [0.25, 0.3) is 0 Å². The number of hydrogen-bond donors (Lipinski definition) is 0. The van der Waals surface area contributed by atoms with E-state index in [1.807, 2.05) is 18.2 Å². The zero-order valence-corrected chi connectivity index (χ0v) is 39.1. The minimum Gasteiger partial charge on any atom is -0.309 e. The van der Waals surface area contributed by atoms with Crippen LogP contribution in [0.2, 0.25) is 0 Å². The van der Waals surface area contributed by atoms with Gasteiger partial charge in [0.2, 0.25) is 0 Å². The molecule has 5 heteroatoms. The molecule has 0 fully saturated rings. The van der Waals surface area contributed by atoms with Crippen LogP contribution in [0.4, 0.5) is 0 Å². The summed E-state index contributed by atoms with van der Waals surface area (Å²) in [5, 5.41) is 7.11. The van der Waals surface area contributed by atoms with E-state index in [1.165, 1.54) is 43.8 Å². The molecule has 11 aromatic carbocycles. The van der Waals surface area contributed by atoms with Crippen molar-refractivity contribution in [1.82, 2.24) is 24.1 Å². The highest BCUT2D eigenvalue weighted by atomic mass is 15.0. The van der Waals surface area contributed by atoms with Crippen molar-refractivity contribution in [3.63, 3.8) is 0 Å². The predicted octanol–water partition coefficient (Wildman–Crippen LogP) is 17.2. The van der Waals surface area contributed by atoms with Crippen molar-refractivity contribution in [1.29, 1.82) is 0 Å². The number of aromatic nitrogens is 5. The fourth-order valence-corrected chi connectivity index (χ4v) is 10.8. The van der Waals surface area contributed by atoms with Crippen molar-refractivity contribution in [3.8, 4) is 78.9 Å². The van der Waals surface area contributed by atoms with Crippen LogP contribution in [0, 0.1) is 0 Å². The fourth-order valence-electron chi connectivity index (χ4n) is 10.8. The average Bonchev–Trinajstić information content (AvgIpc) is 3.98. The van der Waals surface area contributed by atoms with Crippen LogP contribution in [0.3, 0.4) is 0 Å². The van der Waals surface area contributed by atoms with Gasteiger partial charge in [-0.05, 0) is 111 Å². The molecule has 0 bridgehead atoms. The summed E-state index contributed by atoms with van der Waals surface area (Å²) in [4.78, 5) is 15.7. The number of benzene rings is 11. The van der Waals surface area contributed by atoms with Gasteiger partial charge in [-0.3, -0.25) is 0 Å². The molecule has 0 N–H and O–H groups in total. The first-order chi connectivity index (χ1) is 35.7. The van der Waals surface area contributed by atoms with Gasteiger partial charge in [-0.15, -0.1) is 0 Å². The highest BCUT2D eigenvalue weighted by molar-refractivity contribution is 6.17. The highest BCUT2D eigenvalue weighted by Gasteiger charge is 2.21. The standard InChI is InChI=1S/C67H43N5/c1-5-18-44(19-6-1)48-36-38-62-58(42-48)64-54(28-17-31-63(64)71(62)53-24-11-4-12-25-53)49-34-32-45-33-35-50(41-52(45)40-49)66-68-65(47-22-9-3-10-23-47)69-67(70-66)51-37-39-61(57(43-51)46-20-7-2-8-21-46)72-59-29-15-13-26-55(59)56-27-14-16-30-60(56)72/h1-43H. The summed E-state index contributed by atoms with van der Waals surface area (Å²) < 4.78 is 4.78. The molecule has 72 heavy (non-hydrogen) atoms. The van der Waals surface area contributed by atoms with Gasteiger partial charge in [-0.2, -0.15) is 0 Å². The maximum absolute atomic E-state index is 5.32. The largest absolute Gasteiger partial charge is 0.309 e. The van der Waals surface area contributed by atoms with Crippen molar-refractivity contribution in [2.24, 2.45) is 0 Å². The molecule has 3 heterocycles. The first-order valence-corrected chi connectivity index (χ1v) is 24.4. The third-order valence-corrected chi connectivity index (χ3v) is 14.1. The predicted molar refractivity (Wildman–Crippen MR) is 299 cm³/mol. The fraction of sp³-hybridized carbons (Fsp3) is 0. The highest BCUT2D eigenvalue weighted by Crippen LogP contribution is 2.42. The molecule has 0 aliphatic carbocycles. The topological polar surface area (TPSA) is 48.5 Å². The van der Waals surface area contributed by atoms with Crippen molar-refractivity contribution < 1.29 is 0 Å². The van der Waals surface area contributed by atoms with Crippen LogP contribution < -0.4 is 0 Å². The lowest BCUT2D eigenvalue weighted by Crippen LogP contribution is -2.02. The van der Waals surface area contributed by atoms with E-state index in [9.17, 15) is 0 Å². The van der Waals surface area contributed by atoms with Crippen LogP contribution >= 0.6 is 0 Å². The van der Waals surface area contributed by atoms with E-state index in [1.54, 1.807) is 0 Å². The van der Waals surface area contributed by atoms with Gasteiger partial charge in [0.15, 0.2) is 17.5 Å². The molecule has 336 valence electrons. The molecule has 5 nitrogen and oxygen atoms in total. The van der Waals surface area contributed by atoms with Crippen molar-refractivity contribution >= 4 is 54.4 Å². The zero-order valence-electron chi connectivity index (χ0n) is 39.1. The third kappa shape index (κ3) is 6.98. The molecule has 0 saturated carbocycles. The van der Waals surface area contributed by atoms with Crippen molar-refractivity contribution in [3.05, 3.63) is 261 Å². The van der Waals surface area contributed by atoms with Crippen LogP contribution in [0.1, 0.15) is 0 Å². The van der Waals surface area contributed by atoms with Crippen LogP contribution in [0.5, 0.6) is 0 Å². The van der Waals surface area contributed by atoms with Crippen molar-refractivity contribution in [2.45, 2.75) is 0 Å². The third-order valence-electron chi connectivity index (χ3n) is 14.1. The van der Waals surface area contributed by atoms with Crippen LogP contribution in [-0.4, -0.2) is 24.1 Å². The smallest absolute Gasteiger partial charge is 0.164 e. The summed E-state index contributed by atoms with van der Waals surface area (Å²) in [7, 11) is 0. The number of para-hydroxylation sites is 3. The van der Waals surface area contributed by atoms with Gasteiger partial charge in [0.1, 0.15) is 0 Å². The Morgan fingerprint density at radius 2 is 0.750 bits per heavy atom. The van der Waals surface area contributed by atoms with Gasteiger partial charge in [-0.25, -0.2) is 15.0 Å². The molecule has 0 amide bonds. The molecule has 0 radical (unpaired) electrons. The minimum absolute atomic E-state index is 0.606. The Bertz CT molecular complexity index is 4310. The van der Waals surface area contributed by atoms with E-state index in [-0.39, 0.29) is 0 Å². The summed E-state index contributed by atoms with van der Waals surface area (Å²) in [5.74, 6) is 1.84. The van der Waals surface area contributed by atoms with Crippen LogP contribution in [-0.2, 0) is 0 Å². The van der Waals surface area contributed by atoms with E-state index in [0.29, 0.717) is 17.5 Å². The summed E-state index contributed by atoms with van der Waals surface area (Å²) in [5.41, 5.74) is 16.5. The number of hydrogen-bond acceptors (Lipinski definition) is 3. The molecule has 3 aromatic heterocycles. The molecule has 0 unspecified atom stereocenters. The normalized spacial score (nSPS) is 11.6. The Morgan fingerprint density at radius 3 is 1.43 bits per heavy atom. The van der Waals surface area contributed by atoms with Crippen LogP contribution in [0.15, 0.2) is 261 Å². The van der Waals surface area contributed by atoms with E-state index >= 15 is 0 Å². The second-order valence-corrected chi connectivity index (χ2v) is 18.4. The molecular weight excluding hydrogens is 875 g/mol. The lowest BCUT2D eigenvalue weighted by atomic mass is 9.95. The molecule has 0 spiro atoms. The first-order valence-electron chi connectivity index (χ1n) is 24.4. The minimum atomic E-state index is 0.606. The zero-order chi connectivity index (χ0) is 47.5. The Morgan fingerprint density at radius 1 is 0.250 bits per heavy atom. The Balaban J connectivity index is 0.929. The Labute approximate surface area is 416 Å². The first kappa shape index (κ1) is 41.3. The summed E-state index contributed by atoms with van der Waals surface area (Å²) >= 11 is 0. The summed E-state index contributed by atoms with van der Waals surface area (Å²) in [6, 6.07) is 93.0. The number of nitrogens with zero attached hydrogens (tertiary/aromatic N) is 5. The van der Waals surface area contributed by atoms with Gasteiger partial charge in [0, 0.05) is 49.5 Å². The van der Waals surface area contributed by atoms with Gasteiger partial charge >= 0.3 is 0 Å². The van der Waals surface area contributed by atoms with Gasteiger partial charge < -0.3 is 9.13 Å². The number of rotatable bonds is 8. The second kappa shape index (κ2) is 17.1. The van der Waals surface area contributed by atoms with E-state index in [0.717, 1.165) is 72.1 Å². The van der Waals surface area contributed by atoms with Gasteiger partial charge in [-0.1, -0.05) is 188 Å². The van der Waals surface area contributed by atoms with Crippen molar-refractivity contribution in [2.75, 3.05) is 0 Å². The molecule has 0 atom stereocenters. The monoisotopic (exact) mass is 917 g/mol. The SMILES string of the molecule is c1ccc(-c2ccc3c(c2)c2c(-c4ccc5ccc(-c6nc(-c7ccccc7)nc(-c7ccc(-n8c9ccccc9c9ccccc98)c(-c8ccccc8)c7)n6)cc5c4)cccc2n3-c2ccccc2)cc1.